The lowest BCUT2D eigenvalue weighted by Gasteiger charge is -2.04. The number of hydrogen-bond donors (Lipinski definition) is 2. The van der Waals surface area contributed by atoms with Crippen LogP contribution >= 0.6 is 0 Å². The number of terminal acetylenes is 1. The number of nitrogens with one attached hydrogen (secondary N) is 2. The molecule has 2 N–H and O–H groups in total. The van der Waals surface area contributed by atoms with Gasteiger partial charge in [-0.05, 0) is 13.8 Å². The van der Waals surface area contributed by atoms with E-state index < -0.39 is 0 Å². The van der Waals surface area contributed by atoms with Crippen molar-refractivity contribution in [2.75, 3.05) is 6.54 Å². The summed E-state index contributed by atoms with van der Waals surface area (Å²) in [6.45, 7) is 3.55. The minimum atomic E-state index is -0.280. The Morgan fingerprint density at radius 1 is 1.56 bits per heavy atom. The van der Waals surface area contributed by atoms with Gasteiger partial charge in [0.2, 0.25) is 5.91 Å². The van der Waals surface area contributed by atoms with Crippen LogP contribution in [-0.4, -0.2) is 22.4 Å². The van der Waals surface area contributed by atoms with Crippen molar-refractivity contribution in [3.05, 3.63) is 27.4 Å². The molecule has 5 nitrogen and oxygen atoms in total. The van der Waals surface area contributed by atoms with Crippen LogP contribution in [0.25, 0.3) is 0 Å². The van der Waals surface area contributed by atoms with E-state index in [1.165, 1.54) is 0 Å². The van der Waals surface area contributed by atoms with Crippen LogP contribution in [0.2, 0.25) is 0 Å². The zero-order chi connectivity index (χ0) is 12.1. The molecule has 1 heterocycles. The number of aryl methyl sites for hydroxylation is 2. The Balaban J connectivity index is 2.86. The number of nitrogens with zero attached hydrogens (tertiary/aromatic N) is 1. The third-order valence-corrected chi connectivity index (χ3v) is 2.07. The average Bonchev–Trinajstić information content (AvgIpc) is 2.20. The molecule has 0 saturated heterocycles. The summed E-state index contributed by atoms with van der Waals surface area (Å²) in [7, 11) is 0. The van der Waals surface area contributed by atoms with Crippen molar-refractivity contribution in [2.45, 2.75) is 20.3 Å². The highest BCUT2D eigenvalue weighted by Gasteiger charge is 2.10. The Morgan fingerprint density at radius 2 is 2.25 bits per heavy atom. The summed E-state index contributed by atoms with van der Waals surface area (Å²) >= 11 is 0. The van der Waals surface area contributed by atoms with Gasteiger partial charge in [0.25, 0.3) is 5.56 Å². The first-order valence-corrected chi connectivity index (χ1v) is 4.81. The number of H-pyrrole nitrogens is 1. The Kier molecular flexibility index (Phi) is 3.84. The van der Waals surface area contributed by atoms with E-state index in [4.69, 9.17) is 6.42 Å². The first-order valence-electron chi connectivity index (χ1n) is 4.81. The fourth-order valence-corrected chi connectivity index (χ4v) is 1.33. The molecule has 0 fully saturated rings. The van der Waals surface area contributed by atoms with Gasteiger partial charge in [-0.25, -0.2) is 4.98 Å². The fourth-order valence-electron chi connectivity index (χ4n) is 1.33. The van der Waals surface area contributed by atoms with Crippen LogP contribution in [0.4, 0.5) is 0 Å². The number of carbonyl (C=O) groups excluding carboxylic acids is 1. The maximum atomic E-state index is 11.6. The molecule has 1 aromatic rings. The van der Waals surface area contributed by atoms with Gasteiger partial charge in [0.15, 0.2) is 0 Å². The normalized spacial score (nSPS) is 9.56. The lowest BCUT2D eigenvalue weighted by atomic mass is 10.1. The molecule has 0 aromatic carbocycles. The second-order valence-corrected chi connectivity index (χ2v) is 3.37. The second kappa shape index (κ2) is 5.12. The van der Waals surface area contributed by atoms with Crippen molar-refractivity contribution >= 4 is 5.91 Å². The van der Waals surface area contributed by atoms with E-state index in [9.17, 15) is 9.59 Å². The SMILES string of the molecule is C#CCNC(=O)Cc1c(C)nc(C)[nH]c1=O. The van der Waals surface area contributed by atoms with Crippen molar-refractivity contribution in [3.8, 4) is 12.3 Å². The van der Waals surface area contributed by atoms with E-state index >= 15 is 0 Å². The van der Waals surface area contributed by atoms with Crippen LogP contribution in [0.1, 0.15) is 17.1 Å². The van der Waals surface area contributed by atoms with Crippen LogP contribution < -0.4 is 10.9 Å². The molecular formula is C11H13N3O2. The quantitative estimate of drug-likeness (QED) is 0.684. The van der Waals surface area contributed by atoms with Gasteiger partial charge >= 0.3 is 0 Å². The highest BCUT2D eigenvalue weighted by atomic mass is 16.2. The first kappa shape index (κ1) is 12.0. The van der Waals surface area contributed by atoms with E-state index in [0.717, 1.165) is 0 Å². The standard InChI is InChI=1S/C11H13N3O2/c1-4-5-12-10(15)6-9-7(2)13-8(3)14-11(9)16/h1H,5-6H2,2-3H3,(H,12,15)(H,13,14,16). The summed E-state index contributed by atoms with van der Waals surface area (Å²) in [4.78, 5) is 29.6. The lowest BCUT2D eigenvalue weighted by molar-refractivity contribution is -0.120. The summed E-state index contributed by atoms with van der Waals surface area (Å²) in [5.74, 6) is 2.55. The van der Waals surface area contributed by atoms with Gasteiger partial charge in [0.05, 0.1) is 13.0 Å². The van der Waals surface area contributed by atoms with Gasteiger partial charge in [-0.1, -0.05) is 5.92 Å². The maximum Gasteiger partial charge on any atom is 0.254 e. The lowest BCUT2D eigenvalue weighted by Crippen LogP contribution is -2.29. The molecule has 0 aliphatic carbocycles. The summed E-state index contributed by atoms with van der Waals surface area (Å²) < 4.78 is 0. The van der Waals surface area contributed by atoms with Gasteiger partial charge in [-0.2, -0.15) is 0 Å². The third-order valence-electron chi connectivity index (χ3n) is 2.07. The van der Waals surface area contributed by atoms with E-state index in [1.807, 2.05) is 0 Å². The number of aromatic nitrogens is 2. The Bertz CT molecular complexity index is 497. The summed E-state index contributed by atoms with van der Waals surface area (Å²) in [5, 5.41) is 2.49. The maximum absolute atomic E-state index is 11.6. The summed E-state index contributed by atoms with van der Waals surface area (Å²) in [6, 6.07) is 0. The zero-order valence-electron chi connectivity index (χ0n) is 9.26. The summed E-state index contributed by atoms with van der Waals surface area (Å²) in [6.07, 6.45) is 5.00. The number of hydrogen-bond acceptors (Lipinski definition) is 3. The largest absolute Gasteiger partial charge is 0.345 e. The Morgan fingerprint density at radius 3 is 2.81 bits per heavy atom. The van der Waals surface area contributed by atoms with Gasteiger partial charge in [0.1, 0.15) is 5.82 Å². The molecule has 0 radical (unpaired) electrons. The molecule has 0 unspecified atom stereocenters. The molecule has 0 saturated carbocycles. The molecule has 0 aliphatic rings. The highest BCUT2D eigenvalue weighted by molar-refractivity contribution is 5.78. The molecule has 16 heavy (non-hydrogen) atoms. The topological polar surface area (TPSA) is 74.8 Å². The number of rotatable bonds is 3. The molecule has 0 bridgehead atoms. The van der Waals surface area contributed by atoms with Crippen LogP contribution in [0.15, 0.2) is 4.79 Å². The van der Waals surface area contributed by atoms with Crippen LogP contribution in [-0.2, 0) is 11.2 Å². The van der Waals surface area contributed by atoms with Crippen molar-refractivity contribution in [1.29, 1.82) is 0 Å². The van der Waals surface area contributed by atoms with E-state index in [2.05, 4.69) is 21.2 Å². The second-order valence-electron chi connectivity index (χ2n) is 3.37. The van der Waals surface area contributed by atoms with Crippen molar-refractivity contribution in [1.82, 2.24) is 15.3 Å². The molecule has 84 valence electrons. The molecule has 1 amide bonds. The molecule has 1 rings (SSSR count). The van der Waals surface area contributed by atoms with E-state index in [1.54, 1.807) is 13.8 Å². The number of carbonyl (C=O) groups is 1. The van der Waals surface area contributed by atoms with Gasteiger partial charge in [0, 0.05) is 11.3 Å². The average molecular weight is 219 g/mol. The van der Waals surface area contributed by atoms with Crippen molar-refractivity contribution in [2.24, 2.45) is 0 Å². The first-order chi connectivity index (χ1) is 7.54. The van der Waals surface area contributed by atoms with Crippen molar-refractivity contribution in [3.63, 3.8) is 0 Å². The van der Waals surface area contributed by atoms with Crippen LogP contribution in [0, 0.1) is 26.2 Å². The van der Waals surface area contributed by atoms with Crippen molar-refractivity contribution < 1.29 is 4.79 Å². The third kappa shape index (κ3) is 2.95. The van der Waals surface area contributed by atoms with E-state index in [-0.39, 0.29) is 24.4 Å². The Labute approximate surface area is 93.3 Å². The number of amides is 1. The zero-order valence-corrected chi connectivity index (χ0v) is 9.26. The van der Waals surface area contributed by atoms with Gasteiger partial charge < -0.3 is 10.3 Å². The predicted molar refractivity (Wildman–Crippen MR) is 59.9 cm³/mol. The molecule has 0 aliphatic heterocycles. The monoisotopic (exact) mass is 219 g/mol. The Hall–Kier alpha value is -2.09. The molecule has 0 atom stereocenters. The minimum Gasteiger partial charge on any atom is -0.345 e. The smallest absolute Gasteiger partial charge is 0.254 e. The van der Waals surface area contributed by atoms with Crippen LogP contribution in [0.5, 0.6) is 0 Å². The molecule has 1 aromatic heterocycles. The van der Waals surface area contributed by atoms with Gasteiger partial charge in [-0.15, -0.1) is 6.42 Å². The minimum absolute atomic E-state index is 0.00384. The highest BCUT2D eigenvalue weighted by Crippen LogP contribution is 1.99. The molecule has 5 heteroatoms. The fraction of sp³-hybridized carbons (Fsp3) is 0.364. The van der Waals surface area contributed by atoms with E-state index in [0.29, 0.717) is 17.1 Å². The molecule has 0 spiro atoms. The number of aromatic amines is 1. The van der Waals surface area contributed by atoms with Gasteiger partial charge in [-0.3, -0.25) is 9.59 Å². The molecular weight excluding hydrogens is 206 g/mol. The van der Waals surface area contributed by atoms with Crippen LogP contribution in [0.3, 0.4) is 0 Å². The summed E-state index contributed by atoms with van der Waals surface area (Å²) in [5.41, 5.74) is 0.665. The predicted octanol–water partition coefficient (Wildman–Crippen LogP) is -0.321.